The lowest BCUT2D eigenvalue weighted by Crippen LogP contribution is -2.28. The number of aryl methyl sites for hydroxylation is 2. The van der Waals surface area contributed by atoms with Gasteiger partial charge in [0.05, 0.1) is 0 Å². The fourth-order valence-corrected chi connectivity index (χ4v) is 2.53. The van der Waals surface area contributed by atoms with Crippen LogP contribution in [0.15, 0.2) is 36.4 Å². The van der Waals surface area contributed by atoms with Gasteiger partial charge < -0.3 is 10.1 Å². The average molecular weight is 332 g/mol. The van der Waals surface area contributed by atoms with Crippen molar-refractivity contribution < 1.29 is 14.3 Å². The van der Waals surface area contributed by atoms with Crippen LogP contribution in [0.4, 0.5) is 0 Å². The Balaban J connectivity index is 1.91. The summed E-state index contributed by atoms with van der Waals surface area (Å²) in [5, 5.41) is 3.41. The van der Waals surface area contributed by atoms with Crippen LogP contribution in [0.2, 0.25) is 5.02 Å². The van der Waals surface area contributed by atoms with E-state index in [0.29, 0.717) is 22.9 Å². The lowest BCUT2D eigenvalue weighted by Gasteiger charge is -2.13. The van der Waals surface area contributed by atoms with Crippen molar-refractivity contribution in [1.29, 1.82) is 0 Å². The van der Waals surface area contributed by atoms with E-state index in [9.17, 15) is 9.59 Å². The largest absolute Gasteiger partial charge is 0.483 e. The molecule has 0 aromatic heterocycles. The van der Waals surface area contributed by atoms with Crippen LogP contribution in [-0.4, -0.2) is 18.8 Å². The molecule has 0 aliphatic rings. The zero-order valence-corrected chi connectivity index (χ0v) is 13.8. The zero-order chi connectivity index (χ0) is 16.8. The van der Waals surface area contributed by atoms with Gasteiger partial charge in [-0.25, -0.2) is 0 Å². The second-order valence-corrected chi connectivity index (χ2v) is 5.73. The summed E-state index contributed by atoms with van der Waals surface area (Å²) in [7, 11) is 0. The van der Waals surface area contributed by atoms with E-state index in [-0.39, 0.29) is 12.5 Å². The minimum absolute atomic E-state index is 0.0807. The minimum Gasteiger partial charge on any atom is -0.483 e. The summed E-state index contributed by atoms with van der Waals surface area (Å²) in [6.45, 7) is 4.01. The van der Waals surface area contributed by atoms with Gasteiger partial charge in [0.25, 0.3) is 5.91 Å². The number of hydrogen-bond acceptors (Lipinski definition) is 3. The number of amides is 1. The van der Waals surface area contributed by atoms with Crippen LogP contribution in [0.3, 0.4) is 0 Å². The summed E-state index contributed by atoms with van der Waals surface area (Å²) in [5.74, 6) is 0.414. The summed E-state index contributed by atoms with van der Waals surface area (Å²) in [5.41, 5.74) is 3.18. The SMILES string of the molecule is Cc1cc(C=O)cc(C)c1OCC(=O)NCc1cccc(Cl)c1. The summed E-state index contributed by atoms with van der Waals surface area (Å²) in [6.07, 6.45) is 0.793. The standard InChI is InChI=1S/C18H18ClNO3/c1-12-6-15(10-21)7-13(2)18(12)23-11-17(22)20-9-14-4-3-5-16(19)8-14/h3-8,10H,9,11H2,1-2H3,(H,20,22). The molecule has 4 nitrogen and oxygen atoms in total. The molecule has 2 aromatic carbocycles. The Hall–Kier alpha value is -2.33. The zero-order valence-electron chi connectivity index (χ0n) is 13.1. The second kappa shape index (κ2) is 7.79. The minimum atomic E-state index is -0.219. The molecule has 120 valence electrons. The molecule has 2 rings (SSSR count). The number of ether oxygens (including phenoxy) is 1. The molecule has 0 radical (unpaired) electrons. The molecule has 0 saturated carbocycles. The van der Waals surface area contributed by atoms with Crippen molar-refractivity contribution in [2.45, 2.75) is 20.4 Å². The van der Waals surface area contributed by atoms with Crippen molar-refractivity contribution in [3.05, 3.63) is 63.7 Å². The van der Waals surface area contributed by atoms with Crippen molar-refractivity contribution in [2.24, 2.45) is 0 Å². The number of rotatable bonds is 6. The first-order valence-electron chi connectivity index (χ1n) is 7.20. The number of carbonyl (C=O) groups excluding carboxylic acids is 2. The lowest BCUT2D eigenvalue weighted by molar-refractivity contribution is -0.123. The molecule has 0 bridgehead atoms. The highest BCUT2D eigenvalue weighted by atomic mass is 35.5. The molecule has 1 amide bonds. The van der Waals surface area contributed by atoms with Crippen molar-refractivity contribution in [2.75, 3.05) is 6.61 Å². The smallest absolute Gasteiger partial charge is 0.258 e. The van der Waals surface area contributed by atoms with Crippen LogP contribution in [0.25, 0.3) is 0 Å². The van der Waals surface area contributed by atoms with Crippen LogP contribution < -0.4 is 10.1 Å². The highest BCUT2D eigenvalue weighted by molar-refractivity contribution is 6.30. The van der Waals surface area contributed by atoms with Crippen LogP contribution in [-0.2, 0) is 11.3 Å². The molecular weight excluding hydrogens is 314 g/mol. The van der Waals surface area contributed by atoms with E-state index in [1.54, 1.807) is 24.3 Å². The molecule has 0 fully saturated rings. The van der Waals surface area contributed by atoms with Gasteiger partial charge in [-0.15, -0.1) is 0 Å². The van der Waals surface area contributed by atoms with E-state index in [1.165, 1.54) is 0 Å². The van der Waals surface area contributed by atoms with E-state index >= 15 is 0 Å². The third-order valence-electron chi connectivity index (χ3n) is 3.35. The Morgan fingerprint density at radius 3 is 2.52 bits per heavy atom. The van der Waals surface area contributed by atoms with Gasteiger partial charge in [0.1, 0.15) is 12.0 Å². The molecule has 2 aromatic rings. The van der Waals surface area contributed by atoms with Gasteiger partial charge >= 0.3 is 0 Å². The summed E-state index contributed by atoms with van der Waals surface area (Å²) < 4.78 is 5.59. The van der Waals surface area contributed by atoms with Gasteiger partial charge in [0.2, 0.25) is 0 Å². The fourth-order valence-electron chi connectivity index (χ4n) is 2.32. The Labute approximate surface area is 140 Å². The van der Waals surface area contributed by atoms with Crippen molar-refractivity contribution >= 4 is 23.8 Å². The van der Waals surface area contributed by atoms with Crippen molar-refractivity contribution in [1.82, 2.24) is 5.32 Å². The first-order valence-corrected chi connectivity index (χ1v) is 7.57. The van der Waals surface area contributed by atoms with Gasteiger partial charge in [0, 0.05) is 17.1 Å². The number of benzene rings is 2. The van der Waals surface area contributed by atoms with E-state index < -0.39 is 0 Å². The molecule has 0 aliphatic carbocycles. The van der Waals surface area contributed by atoms with Crippen LogP contribution in [0, 0.1) is 13.8 Å². The fraction of sp³-hybridized carbons (Fsp3) is 0.222. The number of aldehydes is 1. The summed E-state index contributed by atoms with van der Waals surface area (Å²) >= 11 is 5.90. The molecule has 0 heterocycles. The van der Waals surface area contributed by atoms with Crippen molar-refractivity contribution in [3.8, 4) is 5.75 Å². The first-order chi connectivity index (χ1) is 11.0. The van der Waals surface area contributed by atoms with E-state index in [2.05, 4.69) is 5.32 Å². The van der Waals surface area contributed by atoms with E-state index in [0.717, 1.165) is 23.0 Å². The lowest BCUT2D eigenvalue weighted by atomic mass is 10.1. The maximum Gasteiger partial charge on any atom is 0.258 e. The predicted octanol–water partition coefficient (Wildman–Crippen LogP) is 3.46. The molecule has 23 heavy (non-hydrogen) atoms. The maximum absolute atomic E-state index is 11.9. The number of nitrogens with one attached hydrogen (secondary N) is 1. The normalized spacial score (nSPS) is 10.2. The third kappa shape index (κ3) is 4.83. The molecule has 0 aliphatic heterocycles. The van der Waals surface area contributed by atoms with Gasteiger partial charge in [0.15, 0.2) is 6.61 Å². The van der Waals surface area contributed by atoms with E-state index in [1.807, 2.05) is 26.0 Å². The third-order valence-corrected chi connectivity index (χ3v) is 3.58. The molecule has 0 atom stereocenters. The quantitative estimate of drug-likeness (QED) is 0.825. The summed E-state index contributed by atoms with van der Waals surface area (Å²) in [4.78, 5) is 22.7. The van der Waals surface area contributed by atoms with Gasteiger partial charge in [-0.2, -0.15) is 0 Å². The highest BCUT2D eigenvalue weighted by Crippen LogP contribution is 2.24. The monoisotopic (exact) mass is 331 g/mol. The maximum atomic E-state index is 11.9. The number of halogens is 1. The molecule has 5 heteroatoms. The Morgan fingerprint density at radius 2 is 1.91 bits per heavy atom. The van der Waals surface area contributed by atoms with Crippen LogP contribution in [0.1, 0.15) is 27.0 Å². The highest BCUT2D eigenvalue weighted by Gasteiger charge is 2.09. The number of hydrogen-bond donors (Lipinski definition) is 1. The van der Waals surface area contributed by atoms with Gasteiger partial charge in [-0.05, 0) is 54.8 Å². The Bertz CT molecular complexity index is 705. The second-order valence-electron chi connectivity index (χ2n) is 5.30. The average Bonchev–Trinajstić information content (AvgIpc) is 2.52. The topological polar surface area (TPSA) is 55.4 Å². The van der Waals surface area contributed by atoms with Crippen molar-refractivity contribution in [3.63, 3.8) is 0 Å². The molecular formula is C18H18ClNO3. The molecule has 1 N–H and O–H groups in total. The molecule has 0 saturated heterocycles. The van der Waals surface area contributed by atoms with E-state index in [4.69, 9.17) is 16.3 Å². The Kier molecular flexibility index (Phi) is 5.77. The first kappa shape index (κ1) is 17.0. The molecule has 0 unspecified atom stereocenters. The van der Waals surface area contributed by atoms with Crippen LogP contribution in [0.5, 0.6) is 5.75 Å². The molecule has 0 spiro atoms. The van der Waals surface area contributed by atoms with Gasteiger partial charge in [-0.3, -0.25) is 9.59 Å². The number of carbonyl (C=O) groups is 2. The van der Waals surface area contributed by atoms with Crippen LogP contribution >= 0.6 is 11.6 Å². The Morgan fingerprint density at radius 1 is 1.22 bits per heavy atom. The van der Waals surface area contributed by atoms with Gasteiger partial charge in [-0.1, -0.05) is 23.7 Å². The summed E-state index contributed by atoms with van der Waals surface area (Å²) in [6, 6.07) is 10.8. The predicted molar refractivity (Wildman–Crippen MR) is 90.1 cm³/mol.